The Balaban J connectivity index is 1.30. The second-order valence-electron chi connectivity index (χ2n) is 9.15. The summed E-state index contributed by atoms with van der Waals surface area (Å²) in [6.07, 6.45) is 6.78. The van der Waals surface area contributed by atoms with Crippen LogP contribution in [0.5, 0.6) is 11.5 Å². The summed E-state index contributed by atoms with van der Waals surface area (Å²) in [7, 11) is 3.33. The molecular weight excluding hydrogens is 370 g/mol. The minimum atomic E-state index is -0.405. The third kappa shape index (κ3) is 3.23. The molecule has 28 heavy (non-hydrogen) atoms. The molecule has 150 valence electrons. The highest BCUT2D eigenvalue weighted by molar-refractivity contribution is 7.15. The third-order valence-electron chi connectivity index (χ3n) is 7.00. The Bertz CT molecular complexity index is 862. The van der Waals surface area contributed by atoms with Gasteiger partial charge < -0.3 is 19.9 Å². The lowest BCUT2D eigenvalue weighted by atomic mass is 9.51. The van der Waals surface area contributed by atoms with E-state index in [1.807, 2.05) is 23.5 Å². The first-order valence-corrected chi connectivity index (χ1v) is 11.1. The molecule has 4 aliphatic rings. The van der Waals surface area contributed by atoms with E-state index in [1.54, 1.807) is 14.2 Å². The van der Waals surface area contributed by atoms with Crippen molar-refractivity contribution in [2.45, 2.75) is 56.2 Å². The topological polar surface area (TPSA) is 50.7 Å². The van der Waals surface area contributed by atoms with E-state index in [-0.39, 0.29) is 5.54 Å². The Morgan fingerprint density at radius 2 is 1.79 bits per heavy atom. The SMILES string of the molecule is COc1ccc(-c2ccc(CNC34CC5CC(CC(O)(C5)C3)C4)s2)cc1OC. The average Bonchev–Trinajstić information content (AvgIpc) is 3.13. The van der Waals surface area contributed by atoms with E-state index in [4.69, 9.17) is 9.47 Å². The van der Waals surface area contributed by atoms with Crippen LogP contribution in [0.25, 0.3) is 10.4 Å². The molecule has 4 nitrogen and oxygen atoms in total. The van der Waals surface area contributed by atoms with Gasteiger partial charge in [-0.1, -0.05) is 0 Å². The number of benzene rings is 1. The summed E-state index contributed by atoms with van der Waals surface area (Å²) in [4.78, 5) is 2.58. The van der Waals surface area contributed by atoms with Crippen LogP contribution in [0.4, 0.5) is 0 Å². The van der Waals surface area contributed by atoms with Crippen LogP contribution in [0.15, 0.2) is 30.3 Å². The van der Waals surface area contributed by atoms with Gasteiger partial charge in [0.1, 0.15) is 0 Å². The summed E-state index contributed by atoms with van der Waals surface area (Å²) in [5.41, 5.74) is 0.891. The summed E-state index contributed by atoms with van der Waals surface area (Å²) in [6.45, 7) is 0.882. The van der Waals surface area contributed by atoms with Crippen molar-refractivity contribution in [3.8, 4) is 21.9 Å². The minimum absolute atomic E-state index is 0.145. The smallest absolute Gasteiger partial charge is 0.161 e. The molecule has 4 fully saturated rings. The van der Waals surface area contributed by atoms with Gasteiger partial charge in [-0.15, -0.1) is 11.3 Å². The molecule has 4 bridgehead atoms. The predicted molar refractivity (Wildman–Crippen MR) is 112 cm³/mol. The van der Waals surface area contributed by atoms with Gasteiger partial charge in [-0.2, -0.15) is 0 Å². The van der Waals surface area contributed by atoms with Crippen molar-refractivity contribution < 1.29 is 14.6 Å². The van der Waals surface area contributed by atoms with Crippen LogP contribution in [-0.2, 0) is 6.54 Å². The number of ether oxygens (including phenoxy) is 2. The number of rotatable bonds is 6. The van der Waals surface area contributed by atoms with Gasteiger partial charge in [0.2, 0.25) is 0 Å². The molecule has 1 heterocycles. The van der Waals surface area contributed by atoms with E-state index in [9.17, 15) is 5.11 Å². The van der Waals surface area contributed by atoms with Gasteiger partial charge in [0, 0.05) is 21.8 Å². The quantitative estimate of drug-likeness (QED) is 0.745. The summed E-state index contributed by atoms with van der Waals surface area (Å²) in [5, 5.41) is 14.8. The summed E-state index contributed by atoms with van der Waals surface area (Å²) < 4.78 is 10.8. The number of methoxy groups -OCH3 is 2. The van der Waals surface area contributed by atoms with Crippen molar-refractivity contribution in [3.63, 3.8) is 0 Å². The number of nitrogens with one attached hydrogen (secondary N) is 1. The van der Waals surface area contributed by atoms with Crippen molar-refractivity contribution in [1.82, 2.24) is 5.32 Å². The molecule has 2 aromatic rings. The number of aliphatic hydroxyl groups is 1. The van der Waals surface area contributed by atoms with Crippen LogP contribution in [0.2, 0.25) is 0 Å². The molecule has 5 heteroatoms. The van der Waals surface area contributed by atoms with Crippen molar-refractivity contribution >= 4 is 11.3 Å². The molecule has 4 saturated carbocycles. The molecule has 1 aromatic carbocycles. The zero-order valence-electron chi connectivity index (χ0n) is 16.7. The second kappa shape index (κ2) is 6.75. The maximum atomic E-state index is 11.0. The average molecular weight is 400 g/mol. The first-order chi connectivity index (χ1) is 13.5. The van der Waals surface area contributed by atoms with E-state index in [1.165, 1.54) is 29.0 Å². The molecule has 0 aliphatic heterocycles. The molecule has 2 N–H and O–H groups in total. The monoisotopic (exact) mass is 399 g/mol. The number of thiophene rings is 1. The first kappa shape index (κ1) is 18.5. The molecule has 0 saturated heterocycles. The third-order valence-corrected chi connectivity index (χ3v) is 8.13. The van der Waals surface area contributed by atoms with Crippen molar-refractivity contribution in [1.29, 1.82) is 0 Å². The number of hydrogen-bond donors (Lipinski definition) is 2. The van der Waals surface area contributed by atoms with Crippen LogP contribution in [0, 0.1) is 11.8 Å². The lowest BCUT2D eigenvalue weighted by molar-refractivity contribution is -0.142. The number of hydrogen-bond acceptors (Lipinski definition) is 5. The van der Waals surface area contributed by atoms with Crippen LogP contribution < -0.4 is 14.8 Å². The van der Waals surface area contributed by atoms with Gasteiger partial charge in [0.25, 0.3) is 0 Å². The summed E-state index contributed by atoms with van der Waals surface area (Å²) >= 11 is 1.82. The summed E-state index contributed by atoms with van der Waals surface area (Å²) in [6, 6.07) is 10.5. The van der Waals surface area contributed by atoms with E-state index in [0.717, 1.165) is 42.9 Å². The van der Waals surface area contributed by atoms with E-state index in [2.05, 4.69) is 23.5 Å². The minimum Gasteiger partial charge on any atom is -0.493 e. The molecule has 0 amide bonds. The van der Waals surface area contributed by atoms with Crippen molar-refractivity contribution in [2.24, 2.45) is 11.8 Å². The molecule has 6 rings (SSSR count). The van der Waals surface area contributed by atoms with Gasteiger partial charge in [-0.05, 0) is 86.3 Å². The Morgan fingerprint density at radius 1 is 1.04 bits per heavy atom. The highest BCUT2D eigenvalue weighted by atomic mass is 32.1. The lowest BCUT2D eigenvalue weighted by Gasteiger charge is -2.60. The molecule has 0 spiro atoms. The Hall–Kier alpha value is -1.56. The van der Waals surface area contributed by atoms with Crippen LogP contribution in [0.3, 0.4) is 0 Å². The molecule has 2 unspecified atom stereocenters. The fourth-order valence-electron chi connectivity index (χ4n) is 6.31. The maximum absolute atomic E-state index is 11.0. The summed E-state index contributed by atoms with van der Waals surface area (Å²) in [5.74, 6) is 2.94. The van der Waals surface area contributed by atoms with E-state index >= 15 is 0 Å². The zero-order valence-corrected chi connectivity index (χ0v) is 17.5. The highest BCUT2D eigenvalue weighted by Crippen LogP contribution is 2.57. The van der Waals surface area contributed by atoms with Gasteiger partial charge in [-0.25, -0.2) is 0 Å². The van der Waals surface area contributed by atoms with E-state index in [0.29, 0.717) is 11.8 Å². The van der Waals surface area contributed by atoms with Gasteiger partial charge >= 0.3 is 0 Å². The highest BCUT2D eigenvalue weighted by Gasteiger charge is 2.56. The molecule has 0 radical (unpaired) electrons. The van der Waals surface area contributed by atoms with Gasteiger partial charge in [-0.3, -0.25) is 0 Å². The Morgan fingerprint density at radius 3 is 2.46 bits per heavy atom. The fourth-order valence-corrected chi connectivity index (χ4v) is 7.26. The maximum Gasteiger partial charge on any atom is 0.161 e. The van der Waals surface area contributed by atoms with Gasteiger partial charge in [0.15, 0.2) is 11.5 Å². The molecule has 2 atom stereocenters. The molecule has 1 aromatic heterocycles. The lowest BCUT2D eigenvalue weighted by Crippen LogP contribution is -2.64. The van der Waals surface area contributed by atoms with Crippen LogP contribution >= 0.6 is 11.3 Å². The normalized spacial score (nSPS) is 33.2. The van der Waals surface area contributed by atoms with E-state index < -0.39 is 5.60 Å². The van der Waals surface area contributed by atoms with Crippen LogP contribution in [-0.4, -0.2) is 30.5 Å². The largest absolute Gasteiger partial charge is 0.493 e. The van der Waals surface area contributed by atoms with Crippen molar-refractivity contribution in [3.05, 3.63) is 35.2 Å². The first-order valence-electron chi connectivity index (χ1n) is 10.3. The van der Waals surface area contributed by atoms with Crippen LogP contribution in [0.1, 0.15) is 43.4 Å². The van der Waals surface area contributed by atoms with Crippen molar-refractivity contribution in [2.75, 3.05) is 14.2 Å². The Labute approximate surface area is 170 Å². The zero-order chi connectivity index (χ0) is 19.4. The predicted octanol–water partition coefficient (Wildman–Crippen LogP) is 4.61. The molecule has 4 aliphatic carbocycles. The molecular formula is C23H29NO3S. The standard InChI is InChI=1S/C23H29NO3S/c1-26-19-5-3-17(8-20(19)27-2)21-6-4-18(28-21)13-24-22-9-15-7-16(10-22)12-23(25,11-15)14-22/h3-6,8,15-16,24-25H,7,9-14H2,1-2H3. The Kier molecular flexibility index (Phi) is 4.45. The fraction of sp³-hybridized carbons (Fsp3) is 0.565. The second-order valence-corrected chi connectivity index (χ2v) is 10.3. The van der Waals surface area contributed by atoms with Gasteiger partial charge in [0.05, 0.1) is 19.8 Å².